The molecule has 0 radical (unpaired) electrons. The predicted octanol–water partition coefficient (Wildman–Crippen LogP) is 2.68. The summed E-state index contributed by atoms with van der Waals surface area (Å²) in [4.78, 5) is 2.52. The van der Waals surface area contributed by atoms with Crippen LogP contribution in [0, 0.1) is 5.92 Å². The fraction of sp³-hybridized carbons (Fsp3) is 0.600. The molecule has 1 aromatic rings. The lowest BCUT2D eigenvalue weighted by Crippen LogP contribution is -2.45. The molecule has 3 nitrogen and oxygen atoms in total. The fourth-order valence-electron chi connectivity index (χ4n) is 2.72. The van der Waals surface area contributed by atoms with Crippen LogP contribution in [0.25, 0.3) is 0 Å². The maximum Gasteiger partial charge on any atom is 0.118 e. The zero-order valence-corrected chi connectivity index (χ0v) is 12.7. The third-order valence-corrected chi connectivity index (χ3v) is 3.92. The molecule has 1 aliphatic rings. The topological polar surface area (TPSA) is 38.5 Å². The highest BCUT2D eigenvalue weighted by Gasteiger charge is 2.24. The second-order valence-corrected chi connectivity index (χ2v) is 5.34. The molecule has 0 saturated carbocycles. The lowest BCUT2D eigenvalue weighted by atomic mass is 9.92. The van der Waals surface area contributed by atoms with Crippen molar-refractivity contribution in [2.75, 3.05) is 20.2 Å². The van der Waals surface area contributed by atoms with Crippen LogP contribution in [0.5, 0.6) is 5.75 Å². The van der Waals surface area contributed by atoms with Gasteiger partial charge in [-0.1, -0.05) is 19.1 Å². The monoisotopic (exact) mass is 284 g/mol. The van der Waals surface area contributed by atoms with E-state index in [1.54, 1.807) is 7.11 Å². The normalized spacial score (nSPS) is 23.7. The molecule has 0 aromatic heterocycles. The number of halogens is 1. The first-order valence-corrected chi connectivity index (χ1v) is 6.80. The van der Waals surface area contributed by atoms with E-state index < -0.39 is 0 Å². The molecule has 1 saturated heterocycles. The maximum atomic E-state index is 5.89. The van der Waals surface area contributed by atoms with Crippen molar-refractivity contribution in [2.24, 2.45) is 11.7 Å². The first-order valence-electron chi connectivity index (χ1n) is 6.80. The number of nitrogens with two attached hydrogens (primary N) is 1. The van der Waals surface area contributed by atoms with Crippen LogP contribution >= 0.6 is 12.4 Å². The largest absolute Gasteiger partial charge is 0.497 e. The van der Waals surface area contributed by atoms with E-state index >= 15 is 0 Å². The van der Waals surface area contributed by atoms with E-state index in [-0.39, 0.29) is 12.4 Å². The summed E-state index contributed by atoms with van der Waals surface area (Å²) in [6, 6.07) is 8.88. The Morgan fingerprint density at radius 2 is 2.00 bits per heavy atom. The lowest BCUT2D eigenvalue weighted by Gasteiger charge is -2.38. The first kappa shape index (κ1) is 16.3. The van der Waals surface area contributed by atoms with Crippen molar-refractivity contribution in [3.63, 3.8) is 0 Å². The molecule has 19 heavy (non-hydrogen) atoms. The van der Waals surface area contributed by atoms with E-state index in [4.69, 9.17) is 10.5 Å². The van der Waals surface area contributed by atoms with Gasteiger partial charge < -0.3 is 10.5 Å². The molecule has 2 rings (SSSR count). The van der Waals surface area contributed by atoms with Gasteiger partial charge in [-0.15, -0.1) is 12.4 Å². The number of ether oxygens (including phenoxy) is 1. The van der Waals surface area contributed by atoms with E-state index in [2.05, 4.69) is 24.0 Å². The Hall–Kier alpha value is -0.770. The zero-order chi connectivity index (χ0) is 13.0. The molecule has 2 N–H and O–H groups in total. The molecular weight excluding hydrogens is 260 g/mol. The van der Waals surface area contributed by atoms with Crippen molar-refractivity contribution in [3.05, 3.63) is 29.8 Å². The van der Waals surface area contributed by atoms with Gasteiger partial charge in [0.15, 0.2) is 0 Å². The van der Waals surface area contributed by atoms with Crippen molar-refractivity contribution >= 4 is 12.4 Å². The van der Waals surface area contributed by atoms with Gasteiger partial charge in [-0.05, 0) is 43.0 Å². The Balaban J connectivity index is 0.00000180. The molecule has 108 valence electrons. The highest BCUT2D eigenvalue weighted by Crippen LogP contribution is 2.24. The molecule has 2 unspecified atom stereocenters. The molecule has 0 spiro atoms. The summed E-state index contributed by atoms with van der Waals surface area (Å²) in [5.74, 6) is 1.73. The highest BCUT2D eigenvalue weighted by molar-refractivity contribution is 5.85. The second-order valence-electron chi connectivity index (χ2n) is 5.34. The van der Waals surface area contributed by atoms with Crippen LogP contribution in [0.3, 0.4) is 0 Å². The number of piperidine rings is 1. The minimum absolute atomic E-state index is 0. The maximum absolute atomic E-state index is 5.89. The van der Waals surface area contributed by atoms with E-state index in [1.165, 1.54) is 18.4 Å². The van der Waals surface area contributed by atoms with Crippen molar-refractivity contribution in [2.45, 2.75) is 32.4 Å². The van der Waals surface area contributed by atoms with Gasteiger partial charge in [-0.3, -0.25) is 4.90 Å². The third kappa shape index (κ3) is 4.37. The Morgan fingerprint density at radius 3 is 2.58 bits per heavy atom. The molecule has 4 heteroatoms. The molecule has 1 heterocycles. The molecule has 2 atom stereocenters. The molecule has 1 aliphatic heterocycles. The minimum Gasteiger partial charge on any atom is -0.497 e. The summed E-state index contributed by atoms with van der Waals surface area (Å²) < 4.78 is 5.18. The van der Waals surface area contributed by atoms with E-state index in [1.807, 2.05) is 12.1 Å². The van der Waals surface area contributed by atoms with Crippen molar-refractivity contribution in [1.82, 2.24) is 4.90 Å². The Kier molecular flexibility index (Phi) is 6.63. The van der Waals surface area contributed by atoms with Crippen molar-refractivity contribution < 1.29 is 4.74 Å². The van der Waals surface area contributed by atoms with Gasteiger partial charge in [-0.2, -0.15) is 0 Å². The highest BCUT2D eigenvalue weighted by atomic mass is 35.5. The Morgan fingerprint density at radius 1 is 1.32 bits per heavy atom. The van der Waals surface area contributed by atoms with Crippen LogP contribution in [-0.4, -0.2) is 31.1 Å². The number of nitrogens with zero attached hydrogens (tertiary/aromatic N) is 1. The number of likely N-dealkylation sites (tertiary alicyclic amines) is 1. The fourth-order valence-corrected chi connectivity index (χ4v) is 2.72. The van der Waals surface area contributed by atoms with Gasteiger partial charge in [-0.25, -0.2) is 0 Å². The number of hydrogen-bond acceptors (Lipinski definition) is 3. The zero-order valence-electron chi connectivity index (χ0n) is 11.8. The van der Waals surface area contributed by atoms with Crippen LogP contribution in [0.1, 0.15) is 25.3 Å². The van der Waals surface area contributed by atoms with Gasteiger partial charge in [0, 0.05) is 19.1 Å². The average Bonchev–Trinajstić information content (AvgIpc) is 2.41. The second kappa shape index (κ2) is 7.73. The van der Waals surface area contributed by atoms with Gasteiger partial charge in [0.2, 0.25) is 0 Å². The number of hydrogen-bond donors (Lipinski definition) is 1. The summed E-state index contributed by atoms with van der Waals surface area (Å²) in [5, 5.41) is 0. The van der Waals surface area contributed by atoms with Crippen LogP contribution < -0.4 is 10.5 Å². The molecule has 0 bridgehead atoms. The SMILES string of the molecule is COc1ccc(CN2CCC(C)CC2CN)cc1.Cl. The Labute approximate surface area is 122 Å². The molecule has 0 amide bonds. The van der Waals surface area contributed by atoms with Gasteiger partial charge in [0.05, 0.1) is 7.11 Å². The average molecular weight is 285 g/mol. The van der Waals surface area contributed by atoms with Crippen molar-refractivity contribution in [3.8, 4) is 5.75 Å². The van der Waals surface area contributed by atoms with E-state index in [0.29, 0.717) is 6.04 Å². The quantitative estimate of drug-likeness (QED) is 0.924. The van der Waals surface area contributed by atoms with Crippen LogP contribution in [0.4, 0.5) is 0 Å². The predicted molar refractivity (Wildman–Crippen MR) is 81.9 cm³/mol. The van der Waals surface area contributed by atoms with Crippen LogP contribution in [0.15, 0.2) is 24.3 Å². The van der Waals surface area contributed by atoms with Crippen molar-refractivity contribution in [1.29, 1.82) is 0 Å². The van der Waals surface area contributed by atoms with E-state index in [0.717, 1.165) is 31.3 Å². The number of methoxy groups -OCH3 is 1. The summed E-state index contributed by atoms with van der Waals surface area (Å²) >= 11 is 0. The number of benzene rings is 1. The smallest absolute Gasteiger partial charge is 0.118 e. The standard InChI is InChI=1S/C15H24N2O.ClH/c1-12-7-8-17(14(9-12)10-16)11-13-3-5-15(18-2)6-4-13;/h3-6,12,14H,7-11,16H2,1-2H3;1H. The van der Waals surface area contributed by atoms with Crippen LogP contribution in [-0.2, 0) is 6.54 Å². The molecule has 1 fully saturated rings. The molecular formula is C15H25ClN2O. The molecule has 0 aliphatic carbocycles. The third-order valence-electron chi connectivity index (χ3n) is 3.92. The minimum atomic E-state index is 0. The number of rotatable bonds is 4. The van der Waals surface area contributed by atoms with Gasteiger partial charge >= 0.3 is 0 Å². The Bertz CT molecular complexity index is 369. The van der Waals surface area contributed by atoms with Gasteiger partial charge in [0.25, 0.3) is 0 Å². The summed E-state index contributed by atoms with van der Waals surface area (Å²) in [7, 11) is 1.70. The lowest BCUT2D eigenvalue weighted by molar-refractivity contribution is 0.115. The van der Waals surface area contributed by atoms with E-state index in [9.17, 15) is 0 Å². The summed E-state index contributed by atoms with van der Waals surface area (Å²) in [5.41, 5.74) is 7.23. The molecule has 1 aromatic carbocycles. The summed E-state index contributed by atoms with van der Waals surface area (Å²) in [6.07, 6.45) is 2.51. The van der Waals surface area contributed by atoms with Crippen LogP contribution in [0.2, 0.25) is 0 Å². The summed E-state index contributed by atoms with van der Waals surface area (Å²) in [6.45, 7) is 5.25. The first-order chi connectivity index (χ1) is 8.72. The van der Waals surface area contributed by atoms with Gasteiger partial charge in [0.1, 0.15) is 5.75 Å².